The molecule has 0 saturated heterocycles. The average molecular weight is 451 g/mol. The van der Waals surface area contributed by atoms with Crippen LogP contribution in [-0.2, 0) is 4.79 Å². The van der Waals surface area contributed by atoms with Crippen molar-refractivity contribution in [1.29, 1.82) is 0 Å². The monoisotopic (exact) mass is 450 g/mol. The van der Waals surface area contributed by atoms with E-state index in [1.807, 2.05) is 50.2 Å². The molecule has 0 radical (unpaired) electrons. The average Bonchev–Trinajstić information content (AvgIpc) is 3.17. The van der Waals surface area contributed by atoms with Gasteiger partial charge < -0.3 is 10.6 Å². The molecule has 1 amide bonds. The lowest BCUT2D eigenvalue weighted by Gasteiger charge is -2.29. The van der Waals surface area contributed by atoms with Crippen molar-refractivity contribution in [1.82, 2.24) is 9.55 Å². The largest absolute Gasteiger partial charge is 0.349 e. The van der Waals surface area contributed by atoms with Crippen LogP contribution in [0.5, 0.6) is 0 Å². The maximum Gasteiger partial charge on any atom is 0.255 e. The van der Waals surface area contributed by atoms with Gasteiger partial charge in [-0.2, -0.15) is 0 Å². The third kappa shape index (κ3) is 3.77. The zero-order chi connectivity index (χ0) is 24.0. The number of anilines is 2. The molecule has 0 unspecified atom stereocenters. The number of hydrogen-bond donors (Lipinski definition) is 2. The molecule has 1 aliphatic heterocycles. The molecule has 5 heteroatoms. The number of rotatable bonds is 4. The minimum absolute atomic E-state index is 0.113. The van der Waals surface area contributed by atoms with Crippen LogP contribution in [0.4, 0.5) is 11.6 Å². The van der Waals surface area contributed by atoms with Crippen molar-refractivity contribution in [3.05, 3.63) is 94.6 Å². The highest BCUT2D eigenvalue weighted by Crippen LogP contribution is 2.37. The molecule has 0 fully saturated rings. The Hall–Kier alpha value is -3.86. The first-order chi connectivity index (χ1) is 16.3. The topological polar surface area (TPSA) is 59.0 Å². The van der Waals surface area contributed by atoms with Gasteiger partial charge in [-0.15, -0.1) is 0 Å². The van der Waals surface area contributed by atoms with E-state index in [2.05, 4.69) is 66.3 Å². The van der Waals surface area contributed by atoms with Gasteiger partial charge in [0.2, 0.25) is 5.95 Å². The zero-order valence-electron chi connectivity index (χ0n) is 20.3. The number of fused-ring (bicyclic) bond motifs is 3. The number of hydrogen-bond acceptors (Lipinski definition) is 3. The van der Waals surface area contributed by atoms with E-state index in [0.717, 1.165) is 39.5 Å². The van der Waals surface area contributed by atoms with Crippen LogP contribution in [0.1, 0.15) is 48.9 Å². The molecule has 172 valence electrons. The Labute approximate surface area is 200 Å². The zero-order valence-corrected chi connectivity index (χ0v) is 20.3. The van der Waals surface area contributed by atoms with E-state index in [0.29, 0.717) is 11.5 Å². The molecule has 2 N–H and O–H groups in total. The number of nitrogens with one attached hydrogen (secondary N) is 2. The third-order valence-corrected chi connectivity index (χ3v) is 6.54. The van der Waals surface area contributed by atoms with Crippen LogP contribution < -0.4 is 10.6 Å². The van der Waals surface area contributed by atoms with Gasteiger partial charge in [0.1, 0.15) is 0 Å². The predicted molar refractivity (Wildman–Crippen MR) is 140 cm³/mol. The first kappa shape index (κ1) is 22.0. The number of amides is 1. The first-order valence-corrected chi connectivity index (χ1v) is 11.8. The molecule has 1 aliphatic rings. The van der Waals surface area contributed by atoms with E-state index in [1.54, 1.807) is 0 Å². The summed E-state index contributed by atoms with van der Waals surface area (Å²) in [7, 11) is 0. The van der Waals surface area contributed by atoms with Gasteiger partial charge in [0.15, 0.2) is 0 Å². The van der Waals surface area contributed by atoms with Gasteiger partial charge in [-0.1, -0.05) is 67.9 Å². The number of nitrogens with zero attached hydrogens (tertiary/aromatic N) is 2. The molecule has 0 spiro atoms. The fourth-order valence-electron chi connectivity index (χ4n) is 4.70. The van der Waals surface area contributed by atoms with E-state index < -0.39 is 0 Å². The summed E-state index contributed by atoms with van der Waals surface area (Å²) in [6.45, 7) is 10.5. The van der Waals surface area contributed by atoms with E-state index in [4.69, 9.17) is 4.98 Å². The number of imidazole rings is 1. The third-order valence-electron chi connectivity index (χ3n) is 6.54. The summed E-state index contributed by atoms with van der Waals surface area (Å²) < 4.78 is 2.08. The minimum Gasteiger partial charge on any atom is -0.349 e. The molecule has 1 atom stereocenters. The molecule has 34 heavy (non-hydrogen) atoms. The van der Waals surface area contributed by atoms with Crippen LogP contribution in [0.3, 0.4) is 0 Å². The van der Waals surface area contributed by atoms with Gasteiger partial charge in [0, 0.05) is 5.69 Å². The second-order valence-electron chi connectivity index (χ2n) is 9.44. The second-order valence-corrected chi connectivity index (χ2v) is 9.44. The van der Waals surface area contributed by atoms with Crippen molar-refractivity contribution in [2.24, 2.45) is 0 Å². The molecule has 5 rings (SSSR count). The van der Waals surface area contributed by atoms with Crippen LogP contribution in [0.15, 0.2) is 72.3 Å². The van der Waals surface area contributed by atoms with Gasteiger partial charge >= 0.3 is 0 Å². The lowest BCUT2D eigenvalue weighted by atomic mass is 9.95. The number of aromatic nitrogens is 2. The summed E-state index contributed by atoms with van der Waals surface area (Å²) in [5.74, 6) is 1.07. The Balaban J connectivity index is 1.71. The standard InChI is InChI=1S/C29H30N4O/c1-17(2)21-11-13-22(14-12-21)27-26(28(34)31-23-15-10-18(3)16-19(23)4)20(5)30-29-32-24-8-6-7-9-25(24)33(27)29/h6-17,20H,1-5H3,(H,30,32)(H,31,34)/t20-/m0/s1. The molecule has 1 aromatic heterocycles. The molecule has 0 bridgehead atoms. The Morgan fingerprint density at radius 2 is 1.76 bits per heavy atom. The number of aryl methyl sites for hydroxylation is 2. The van der Waals surface area contributed by atoms with Crippen molar-refractivity contribution < 1.29 is 4.79 Å². The highest BCUT2D eigenvalue weighted by atomic mass is 16.1. The molecular weight excluding hydrogens is 420 g/mol. The number of para-hydroxylation sites is 2. The molecule has 0 saturated carbocycles. The van der Waals surface area contributed by atoms with Crippen LogP contribution in [-0.4, -0.2) is 21.5 Å². The molecule has 5 nitrogen and oxygen atoms in total. The summed E-state index contributed by atoms with van der Waals surface area (Å²) in [5.41, 5.74) is 8.72. The Kier molecular flexibility index (Phi) is 5.48. The van der Waals surface area contributed by atoms with E-state index >= 15 is 0 Å². The van der Waals surface area contributed by atoms with Crippen molar-refractivity contribution in [2.75, 3.05) is 10.6 Å². The van der Waals surface area contributed by atoms with Crippen LogP contribution >= 0.6 is 0 Å². The number of carbonyl (C=O) groups excluding carboxylic acids is 1. The van der Waals surface area contributed by atoms with Crippen molar-refractivity contribution in [2.45, 2.75) is 46.6 Å². The maximum atomic E-state index is 13.8. The normalized spacial score (nSPS) is 15.4. The van der Waals surface area contributed by atoms with Gasteiger partial charge in [0.05, 0.1) is 28.3 Å². The van der Waals surface area contributed by atoms with E-state index in [-0.39, 0.29) is 11.9 Å². The second kappa shape index (κ2) is 8.49. The molecule has 3 aromatic carbocycles. The fourth-order valence-corrected chi connectivity index (χ4v) is 4.70. The van der Waals surface area contributed by atoms with Crippen LogP contribution in [0.25, 0.3) is 16.7 Å². The van der Waals surface area contributed by atoms with Gasteiger partial charge in [-0.3, -0.25) is 9.36 Å². The molecule has 0 aliphatic carbocycles. The van der Waals surface area contributed by atoms with Gasteiger partial charge in [0.25, 0.3) is 5.91 Å². The maximum absolute atomic E-state index is 13.8. The summed E-state index contributed by atoms with van der Waals surface area (Å²) in [4.78, 5) is 18.6. The fraction of sp³-hybridized carbons (Fsp3) is 0.241. The lowest BCUT2D eigenvalue weighted by Crippen LogP contribution is -2.34. The smallest absolute Gasteiger partial charge is 0.255 e. The van der Waals surface area contributed by atoms with Crippen LogP contribution in [0.2, 0.25) is 0 Å². The number of benzene rings is 3. The van der Waals surface area contributed by atoms with E-state index in [1.165, 1.54) is 11.1 Å². The molecular formula is C29H30N4O. The van der Waals surface area contributed by atoms with E-state index in [9.17, 15) is 4.79 Å². The summed E-state index contributed by atoms with van der Waals surface area (Å²) in [5, 5.41) is 6.62. The predicted octanol–water partition coefficient (Wildman–Crippen LogP) is 6.49. The van der Waals surface area contributed by atoms with Gasteiger partial charge in [-0.05, 0) is 61.6 Å². The first-order valence-electron chi connectivity index (χ1n) is 11.8. The Bertz CT molecular complexity index is 1430. The van der Waals surface area contributed by atoms with Crippen molar-refractivity contribution in [3.8, 4) is 0 Å². The summed E-state index contributed by atoms with van der Waals surface area (Å²) in [6, 6.07) is 22.4. The lowest BCUT2D eigenvalue weighted by molar-refractivity contribution is -0.113. The highest BCUT2D eigenvalue weighted by molar-refractivity contribution is 6.12. The van der Waals surface area contributed by atoms with Crippen molar-refractivity contribution >= 4 is 34.3 Å². The summed E-state index contributed by atoms with van der Waals surface area (Å²) in [6.07, 6.45) is 0. The quantitative estimate of drug-likeness (QED) is 0.374. The van der Waals surface area contributed by atoms with Crippen LogP contribution in [0, 0.1) is 13.8 Å². The van der Waals surface area contributed by atoms with Crippen molar-refractivity contribution in [3.63, 3.8) is 0 Å². The number of carbonyl (C=O) groups is 1. The molecule has 4 aromatic rings. The Morgan fingerprint density at radius 1 is 1.03 bits per heavy atom. The molecule has 2 heterocycles. The van der Waals surface area contributed by atoms with Gasteiger partial charge in [-0.25, -0.2) is 4.98 Å². The minimum atomic E-state index is -0.213. The SMILES string of the molecule is Cc1ccc(NC(=O)C2=C(c3ccc(C(C)C)cc3)n3c(nc4ccccc43)N[C@H]2C)c(C)c1. The summed E-state index contributed by atoms with van der Waals surface area (Å²) >= 11 is 0. The Morgan fingerprint density at radius 3 is 2.47 bits per heavy atom. The highest BCUT2D eigenvalue weighted by Gasteiger charge is 2.32.